The molecule has 112 valence electrons. The van der Waals surface area contributed by atoms with Crippen molar-refractivity contribution in [2.75, 3.05) is 13.1 Å². The van der Waals surface area contributed by atoms with E-state index in [4.69, 9.17) is 4.42 Å². The number of aliphatic imine (C=N–C) groups is 1. The molecule has 5 heteroatoms. The van der Waals surface area contributed by atoms with Gasteiger partial charge in [-0.25, -0.2) is 4.99 Å². The molecule has 1 heterocycles. The predicted octanol–water partition coefficient (Wildman–Crippen LogP) is 3.45. The van der Waals surface area contributed by atoms with Gasteiger partial charge in [0.2, 0.25) is 0 Å². The molecule has 0 amide bonds. The summed E-state index contributed by atoms with van der Waals surface area (Å²) in [6, 6.07) is 3.83. The lowest BCUT2D eigenvalue weighted by molar-refractivity contribution is 0.512. The molecule has 0 aliphatic heterocycles. The summed E-state index contributed by atoms with van der Waals surface area (Å²) in [6.45, 7) is 4.46. The van der Waals surface area contributed by atoms with Crippen LogP contribution in [-0.4, -0.2) is 19.0 Å². The van der Waals surface area contributed by atoms with Crippen molar-refractivity contribution in [1.29, 1.82) is 0 Å². The van der Waals surface area contributed by atoms with Crippen LogP contribution in [0.15, 0.2) is 39.5 Å². The van der Waals surface area contributed by atoms with Gasteiger partial charge in [-0.2, -0.15) is 0 Å². The topological polar surface area (TPSA) is 49.6 Å². The zero-order chi connectivity index (χ0) is 13.3. The molecule has 1 aromatic rings. The van der Waals surface area contributed by atoms with Crippen LogP contribution in [0.4, 0.5) is 0 Å². The van der Waals surface area contributed by atoms with Crippen molar-refractivity contribution in [3.05, 3.63) is 35.8 Å². The average Bonchev–Trinajstić information content (AvgIpc) is 3.09. The van der Waals surface area contributed by atoms with Gasteiger partial charge in [0, 0.05) is 13.1 Å². The van der Waals surface area contributed by atoms with E-state index in [0.29, 0.717) is 6.54 Å². The first-order valence-electron chi connectivity index (χ1n) is 7.11. The van der Waals surface area contributed by atoms with Gasteiger partial charge in [0.15, 0.2) is 5.96 Å². The SMILES string of the molecule is CCNC(=NCc1ccco1)NCCC1=CCCC1.I. The molecule has 0 atom stereocenters. The first kappa shape index (κ1) is 17.1. The van der Waals surface area contributed by atoms with E-state index in [1.54, 1.807) is 11.8 Å². The second-order valence-electron chi connectivity index (χ2n) is 4.71. The standard InChI is InChI=1S/C15H23N3O.HI/c1-2-16-15(18-12-14-8-5-11-19-14)17-10-9-13-6-3-4-7-13;/h5-6,8,11H,2-4,7,9-10,12H2,1H3,(H2,16,17,18);1H. The van der Waals surface area contributed by atoms with Crippen LogP contribution in [0.5, 0.6) is 0 Å². The van der Waals surface area contributed by atoms with Crippen molar-refractivity contribution in [3.63, 3.8) is 0 Å². The number of hydrogen-bond acceptors (Lipinski definition) is 2. The number of allylic oxidation sites excluding steroid dienone is 1. The summed E-state index contributed by atoms with van der Waals surface area (Å²) in [5, 5.41) is 6.61. The van der Waals surface area contributed by atoms with Crippen LogP contribution in [-0.2, 0) is 6.54 Å². The Labute approximate surface area is 138 Å². The second-order valence-corrected chi connectivity index (χ2v) is 4.71. The fourth-order valence-electron chi connectivity index (χ4n) is 2.21. The maximum absolute atomic E-state index is 5.28. The van der Waals surface area contributed by atoms with Crippen molar-refractivity contribution in [3.8, 4) is 0 Å². The van der Waals surface area contributed by atoms with Crippen LogP contribution in [0.3, 0.4) is 0 Å². The highest BCUT2D eigenvalue weighted by molar-refractivity contribution is 14.0. The Morgan fingerprint density at radius 1 is 1.40 bits per heavy atom. The van der Waals surface area contributed by atoms with Crippen molar-refractivity contribution in [2.45, 2.75) is 39.2 Å². The average molecular weight is 389 g/mol. The number of nitrogens with zero attached hydrogens (tertiary/aromatic N) is 1. The highest BCUT2D eigenvalue weighted by atomic mass is 127. The number of rotatable bonds is 6. The fourth-order valence-corrected chi connectivity index (χ4v) is 2.21. The van der Waals surface area contributed by atoms with Gasteiger partial charge >= 0.3 is 0 Å². The minimum absolute atomic E-state index is 0. The molecule has 0 radical (unpaired) electrons. The minimum Gasteiger partial charge on any atom is -0.467 e. The summed E-state index contributed by atoms with van der Waals surface area (Å²) in [5.41, 5.74) is 1.58. The van der Waals surface area contributed by atoms with E-state index < -0.39 is 0 Å². The van der Waals surface area contributed by atoms with E-state index in [9.17, 15) is 0 Å². The van der Waals surface area contributed by atoms with Crippen molar-refractivity contribution in [2.24, 2.45) is 4.99 Å². The van der Waals surface area contributed by atoms with E-state index in [-0.39, 0.29) is 24.0 Å². The molecule has 2 rings (SSSR count). The third-order valence-electron chi connectivity index (χ3n) is 3.19. The van der Waals surface area contributed by atoms with Crippen LogP contribution in [0, 0.1) is 0 Å². The number of furan rings is 1. The Morgan fingerprint density at radius 2 is 2.30 bits per heavy atom. The molecular formula is C15H24IN3O. The lowest BCUT2D eigenvalue weighted by atomic mass is 10.2. The molecule has 0 fully saturated rings. The monoisotopic (exact) mass is 389 g/mol. The molecule has 2 N–H and O–H groups in total. The van der Waals surface area contributed by atoms with Gasteiger partial charge in [0.1, 0.15) is 12.3 Å². The zero-order valence-corrected chi connectivity index (χ0v) is 14.4. The molecule has 4 nitrogen and oxygen atoms in total. The Balaban J connectivity index is 0.00000200. The van der Waals surface area contributed by atoms with Gasteiger partial charge in [0.05, 0.1) is 6.26 Å². The normalized spacial score (nSPS) is 14.7. The van der Waals surface area contributed by atoms with E-state index in [0.717, 1.165) is 31.2 Å². The van der Waals surface area contributed by atoms with Crippen LogP contribution < -0.4 is 10.6 Å². The summed E-state index contributed by atoms with van der Waals surface area (Å²) in [5.74, 6) is 1.74. The lowest BCUT2D eigenvalue weighted by Gasteiger charge is -2.11. The van der Waals surface area contributed by atoms with Crippen LogP contribution in [0.1, 0.15) is 38.4 Å². The molecule has 0 spiro atoms. The number of hydrogen-bond donors (Lipinski definition) is 2. The first-order chi connectivity index (χ1) is 9.38. The van der Waals surface area contributed by atoms with Crippen molar-refractivity contribution >= 4 is 29.9 Å². The van der Waals surface area contributed by atoms with Gasteiger partial charge in [-0.15, -0.1) is 24.0 Å². The fraction of sp³-hybridized carbons (Fsp3) is 0.533. The first-order valence-corrected chi connectivity index (χ1v) is 7.11. The summed E-state index contributed by atoms with van der Waals surface area (Å²) in [7, 11) is 0. The zero-order valence-electron chi connectivity index (χ0n) is 12.0. The van der Waals surface area contributed by atoms with Gasteiger partial charge in [-0.05, 0) is 44.7 Å². The molecule has 0 saturated heterocycles. The maximum Gasteiger partial charge on any atom is 0.191 e. The summed E-state index contributed by atoms with van der Waals surface area (Å²) < 4.78 is 5.28. The second kappa shape index (κ2) is 9.85. The molecular weight excluding hydrogens is 365 g/mol. The molecule has 0 unspecified atom stereocenters. The smallest absolute Gasteiger partial charge is 0.191 e. The van der Waals surface area contributed by atoms with Crippen LogP contribution in [0.2, 0.25) is 0 Å². The quantitative estimate of drug-likeness (QED) is 0.339. The molecule has 1 aliphatic rings. The van der Waals surface area contributed by atoms with Crippen LogP contribution >= 0.6 is 24.0 Å². The number of guanidine groups is 1. The van der Waals surface area contributed by atoms with Gasteiger partial charge in [-0.1, -0.05) is 11.6 Å². The highest BCUT2D eigenvalue weighted by Crippen LogP contribution is 2.19. The van der Waals surface area contributed by atoms with Crippen molar-refractivity contribution in [1.82, 2.24) is 10.6 Å². The Morgan fingerprint density at radius 3 is 2.95 bits per heavy atom. The molecule has 0 aromatic carbocycles. The van der Waals surface area contributed by atoms with Crippen LogP contribution in [0.25, 0.3) is 0 Å². The Kier molecular flexibility index (Phi) is 8.41. The molecule has 20 heavy (non-hydrogen) atoms. The molecule has 0 saturated carbocycles. The molecule has 1 aliphatic carbocycles. The Hall–Kier alpha value is -0.980. The van der Waals surface area contributed by atoms with E-state index >= 15 is 0 Å². The number of halogens is 1. The third-order valence-corrected chi connectivity index (χ3v) is 3.19. The predicted molar refractivity (Wildman–Crippen MR) is 93.5 cm³/mol. The van der Waals surface area contributed by atoms with Gasteiger partial charge < -0.3 is 15.1 Å². The van der Waals surface area contributed by atoms with Gasteiger partial charge in [0.25, 0.3) is 0 Å². The summed E-state index contributed by atoms with van der Waals surface area (Å²) >= 11 is 0. The van der Waals surface area contributed by atoms with E-state index in [1.807, 2.05) is 12.1 Å². The van der Waals surface area contributed by atoms with E-state index in [2.05, 4.69) is 28.6 Å². The molecule has 0 bridgehead atoms. The largest absolute Gasteiger partial charge is 0.467 e. The minimum atomic E-state index is 0. The molecule has 1 aromatic heterocycles. The third kappa shape index (κ3) is 5.98. The summed E-state index contributed by atoms with van der Waals surface area (Å²) in [4.78, 5) is 4.50. The maximum atomic E-state index is 5.28. The van der Waals surface area contributed by atoms with Gasteiger partial charge in [-0.3, -0.25) is 0 Å². The summed E-state index contributed by atoms with van der Waals surface area (Å²) in [6.07, 6.45) is 9.00. The number of nitrogens with one attached hydrogen (secondary N) is 2. The van der Waals surface area contributed by atoms with Crippen molar-refractivity contribution < 1.29 is 4.42 Å². The lowest BCUT2D eigenvalue weighted by Crippen LogP contribution is -2.37. The van der Waals surface area contributed by atoms with E-state index in [1.165, 1.54) is 19.3 Å². The highest BCUT2D eigenvalue weighted by Gasteiger charge is 2.04. The Bertz CT molecular complexity index is 426.